The van der Waals surface area contributed by atoms with Crippen LogP contribution in [0.3, 0.4) is 0 Å². The lowest BCUT2D eigenvalue weighted by Crippen LogP contribution is -2.46. The quantitative estimate of drug-likeness (QED) is 0.511. The molecule has 3 rings (SSSR count). The summed E-state index contributed by atoms with van der Waals surface area (Å²) in [7, 11) is -3.83. The zero-order valence-corrected chi connectivity index (χ0v) is 17.3. The summed E-state index contributed by atoms with van der Waals surface area (Å²) in [6.45, 7) is 1.43. The maximum atomic E-state index is 12.3. The van der Waals surface area contributed by atoms with Gasteiger partial charge in [0, 0.05) is 17.9 Å². The fourth-order valence-electron chi connectivity index (χ4n) is 2.45. The van der Waals surface area contributed by atoms with Crippen molar-refractivity contribution in [1.29, 1.82) is 0 Å². The number of non-ortho nitro benzene ring substituents is 1. The smallest absolute Gasteiger partial charge is 0.269 e. The summed E-state index contributed by atoms with van der Waals surface area (Å²) in [6, 6.07) is 12.6. The molecule has 10 nitrogen and oxygen atoms in total. The van der Waals surface area contributed by atoms with Crippen molar-refractivity contribution in [3.63, 3.8) is 0 Å². The van der Waals surface area contributed by atoms with Crippen LogP contribution >= 0.6 is 11.8 Å². The van der Waals surface area contributed by atoms with E-state index in [9.17, 15) is 23.3 Å². The van der Waals surface area contributed by atoms with E-state index >= 15 is 0 Å². The Hall–Kier alpha value is -3.09. The van der Waals surface area contributed by atoms with Gasteiger partial charge in [-0.1, -0.05) is 30.0 Å². The largest absolute Gasteiger partial charge is 0.302 e. The second-order valence-electron chi connectivity index (χ2n) is 6.19. The van der Waals surface area contributed by atoms with Crippen LogP contribution in [-0.2, 0) is 14.8 Å². The van der Waals surface area contributed by atoms with Crippen LogP contribution < -0.4 is 10.0 Å². The lowest BCUT2D eigenvalue weighted by Gasteiger charge is -2.16. The molecule has 0 unspecified atom stereocenters. The highest BCUT2D eigenvalue weighted by molar-refractivity contribution is 8.14. The Morgan fingerprint density at radius 1 is 1.13 bits per heavy atom. The molecule has 12 heteroatoms. The number of hydrogen-bond acceptors (Lipinski definition) is 8. The molecule has 0 aromatic heterocycles. The standard InChI is InChI=1S/C18H17N5O5S2/c1-12(22-30(27,28)15-5-3-2-4-6-15)17(24)19-18-21-20-16(11-29-18)13-7-9-14(10-8-13)23(25)26/h2-10,12,22H,11H2,1H3,(H,19,21,24)/t12-/m0/s1. The van der Waals surface area contributed by atoms with Crippen LogP contribution in [0.4, 0.5) is 5.69 Å². The van der Waals surface area contributed by atoms with Gasteiger partial charge in [0.05, 0.1) is 21.6 Å². The minimum atomic E-state index is -3.83. The highest BCUT2D eigenvalue weighted by Gasteiger charge is 2.24. The summed E-state index contributed by atoms with van der Waals surface area (Å²) in [4.78, 5) is 22.6. The predicted octanol–water partition coefficient (Wildman–Crippen LogP) is 1.88. The average molecular weight is 447 g/mol. The molecular formula is C18H17N5O5S2. The van der Waals surface area contributed by atoms with Crippen molar-refractivity contribution >= 4 is 44.3 Å². The van der Waals surface area contributed by atoms with Crippen molar-refractivity contribution in [1.82, 2.24) is 10.0 Å². The number of sulfonamides is 1. The van der Waals surface area contributed by atoms with E-state index < -0.39 is 26.9 Å². The van der Waals surface area contributed by atoms with Gasteiger partial charge in [0.25, 0.3) is 5.69 Å². The van der Waals surface area contributed by atoms with Crippen LogP contribution in [0.2, 0.25) is 0 Å². The number of benzene rings is 2. The molecule has 1 aliphatic heterocycles. The summed E-state index contributed by atoms with van der Waals surface area (Å²) in [6.07, 6.45) is 0. The fourth-order valence-corrected chi connectivity index (χ4v) is 4.44. The Labute approximate surface area is 176 Å². The Bertz CT molecular complexity index is 1120. The van der Waals surface area contributed by atoms with Crippen LogP contribution in [-0.4, -0.2) is 41.9 Å². The first-order valence-electron chi connectivity index (χ1n) is 8.66. The topological polar surface area (TPSA) is 143 Å². The Balaban J connectivity index is 1.62. The predicted molar refractivity (Wildman–Crippen MR) is 114 cm³/mol. The molecule has 0 radical (unpaired) electrons. The SMILES string of the molecule is C[C@H](NS(=O)(=O)c1ccccc1)C(=O)NC1=NN=C(c2ccc([N+](=O)[O-])cc2)CS1. The Morgan fingerprint density at radius 2 is 1.80 bits per heavy atom. The zero-order chi connectivity index (χ0) is 21.7. The van der Waals surface area contributed by atoms with E-state index in [1.165, 1.54) is 43.0 Å². The molecule has 1 heterocycles. The number of rotatable bonds is 6. The second-order valence-corrected chi connectivity index (χ2v) is 8.87. The van der Waals surface area contributed by atoms with E-state index in [1.54, 1.807) is 30.3 Å². The molecule has 0 saturated carbocycles. The van der Waals surface area contributed by atoms with E-state index in [1.807, 2.05) is 0 Å². The van der Waals surface area contributed by atoms with Gasteiger partial charge >= 0.3 is 0 Å². The van der Waals surface area contributed by atoms with E-state index in [4.69, 9.17) is 0 Å². The summed E-state index contributed by atoms with van der Waals surface area (Å²) in [5.74, 6) is -0.184. The maximum absolute atomic E-state index is 12.3. The van der Waals surface area contributed by atoms with Crippen molar-refractivity contribution in [2.24, 2.45) is 10.2 Å². The molecule has 0 fully saturated rings. The van der Waals surface area contributed by atoms with Crippen LogP contribution in [0, 0.1) is 10.1 Å². The number of nitrogens with one attached hydrogen (secondary N) is 2. The number of amidine groups is 1. The molecule has 1 aliphatic rings. The Morgan fingerprint density at radius 3 is 2.37 bits per heavy atom. The molecular weight excluding hydrogens is 430 g/mol. The van der Waals surface area contributed by atoms with E-state index in [-0.39, 0.29) is 15.8 Å². The number of amides is 1. The molecule has 2 aromatic carbocycles. The molecule has 156 valence electrons. The van der Waals surface area contributed by atoms with E-state index in [2.05, 4.69) is 20.2 Å². The number of carbonyl (C=O) groups excluding carboxylic acids is 1. The summed E-state index contributed by atoms with van der Waals surface area (Å²) in [5, 5.41) is 21.5. The lowest BCUT2D eigenvalue weighted by molar-refractivity contribution is -0.384. The van der Waals surface area contributed by atoms with Gasteiger partial charge in [-0.05, 0) is 36.8 Å². The number of nitrogens with zero attached hydrogens (tertiary/aromatic N) is 3. The first-order valence-corrected chi connectivity index (χ1v) is 11.1. The number of carbonyl (C=O) groups is 1. The van der Waals surface area contributed by atoms with Gasteiger partial charge in [0.1, 0.15) is 0 Å². The molecule has 0 bridgehead atoms. The molecule has 0 aliphatic carbocycles. The second kappa shape index (κ2) is 9.15. The minimum absolute atomic E-state index is 0.0220. The average Bonchev–Trinajstić information content (AvgIpc) is 2.74. The highest BCUT2D eigenvalue weighted by atomic mass is 32.2. The fraction of sp³-hybridized carbons (Fsp3) is 0.167. The van der Waals surface area contributed by atoms with Crippen molar-refractivity contribution in [3.05, 3.63) is 70.3 Å². The number of nitro groups is 1. The summed E-state index contributed by atoms with van der Waals surface area (Å²) in [5.41, 5.74) is 1.27. The van der Waals surface area contributed by atoms with Crippen molar-refractivity contribution < 1.29 is 18.1 Å². The monoisotopic (exact) mass is 447 g/mol. The highest BCUT2D eigenvalue weighted by Crippen LogP contribution is 2.18. The maximum Gasteiger partial charge on any atom is 0.269 e. The normalized spacial score (nSPS) is 15.0. The van der Waals surface area contributed by atoms with E-state index in [0.717, 1.165) is 0 Å². The molecule has 1 atom stereocenters. The van der Waals surface area contributed by atoms with Gasteiger partial charge < -0.3 is 5.32 Å². The first-order chi connectivity index (χ1) is 14.3. The van der Waals surface area contributed by atoms with E-state index in [0.29, 0.717) is 17.0 Å². The van der Waals surface area contributed by atoms with Crippen molar-refractivity contribution in [3.8, 4) is 0 Å². The lowest BCUT2D eigenvalue weighted by atomic mass is 10.1. The van der Waals surface area contributed by atoms with Gasteiger partial charge in [0.15, 0.2) is 5.17 Å². The molecule has 2 N–H and O–H groups in total. The summed E-state index contributed by atoms with van der Waals surface area (Å²) < 4.78 is 26.9. The van der Waals surface area contributed by atoms with Gasteiger partial charge in [-0.15, -0.1) is 5.10 Å². The van der Waals surface area contributed by atoms with Crippen LogP contribution in [0.5, 0.6) is 0 Å². The minimum Gasteiger partial charge on any atom is -0.302 e. The van der Waals surface area contributed by atoms with Gasteiger partial charge in [0.2, 0.25) is 15.9 Å². The molecule has 0 spiro atoms. The molecule has 30 heavy (non-hydrogen) atoms. The number of thioether (sulfide) groups is 1. The van der Waals surface area contributed by atoms with Crippen LogP contribution in [0.15, 0.2) is 69.7 Å². The van der Waals surface area contributed by atoms with Crippen molar-refractivity contribution in [2.45, 2.75) is 17.9 Å². The third-order valence-electron chi connectivity index (χ3n) is 4.03. The number of nitro benzene ring substituents is 1. The van der Waals surface area contributed by atoms with Gasteiger partial charge in [-0.25, -0.2) is 8.42 Å². The van der Waals surface area contributed by atoms with Crippen LogP contribution in [0.25, 0.3) is 0 Å². The molecule has 1 amide bonds. The zero-order valence-electron chi connectivity index (χ0n) is 15.7. The van der Waals surface area contributed by atoms with Crippen molar-refractivity contribution in [2.75, 3.05) is 5.75 Å². The summed E-state index contributed by atoms with van der Waals surface area (Å²) >= 11 is 1.21. The third kappa shape index (κ3) is 5.28. The molecule has 0 saturated heterocycles. The van der Waals surface area contributed by atoms with Crippen LogP contribution in [0.1, 0.15) is 12.5 Å². The molecule has 2 aromatic rings. The number of hydrogen-bond donors (Lipinski definition) is 2. The van der Waals surface area contributed by atoms with Gasteiger partial charge in [-0.3, -0.25) is 14.9 Å². The van der Waals surface area contributed by atoms with Gasteiger partial charge in [-0.2, -0.15) is 9.82 Å². The first kappa shape index (κ1) is 21.6. The third-order valence-corrected chi connectivity index (χ3v) is 6.46. The Kier molecular flexibility index (Phi) is 6.59.